The van der Waals surface area contributed by atoms with Gasteiger partial charge in [0.15, 0.2) is 0 Å². The number of hydrogen-bond donors (Lipinski definition) is 1. The Balaban J connectivity index is 0.00000162. The van der Waals surface area contributed by atoms with Gasteiger partial charge in [-0.15, -0.1) is 12.4 Å². The Bertz CT molecular complexity index is 414. The van der Waals surface area contributed by atoms with E-state index in [-0.39, 0.29) is 18.8 Å². The molecule has 0 aliphatic carbocycles. The van der Waals surface area contributed by atoms with Crippen molar-refractivity contribution in [2.24, 2.45) is 0 Å². The number of carboxylic acid groups (broad SMARTS) is 1. The first-order valence-corrected chi connectivity index (χ1v) is 6.23. The second-order valence-electron chi connectivity index (χ2n) is 4.74. The molecule has 0 bridgehead atoms. The van der Waals surface area contributed by atoms with Crippen LogP contribution in [0.1, 0.15) is 30.4 Å². The number of benzene rings is 1. The highest BCUT2D eigenvalue weighted by atomic mass is 35.5. The van der Waals surface area contributed by atoms with Crippen LogP contribution in [0, 0.1) is 6.92 Å². The largest absolute Gasteiger partial charge is 0.481 e. The molecule has 0 radical (unpaired) electrons. The van der Waals surface area contributed by atoms with Crippen LogP contribution in [0.4, 0.5) is 5.69 Å². The first kappa shape index (κ1) is 14.8. The van der Waals surface area contributed by atoms with E-state index in [0.717, 1.165) is 18.7 Å². The third-order valence-electron chi connectivity index (χ3n) is 3.31. The summed E-state index contributed by atoms with van der Waals surface area (Å²) in [7, 11) is 0. The van der Waals surface area contributed by atoms with Gasteiger partial charge >= 0.3 is 5.97 Å². The van der Waals surface area contributed by atoms with Gasteiger partial charge in [0.05, 0.1) is 6.42 Å². The summed E-state index contributed by atoms with van der Waals surface area (Å²) in [6.45, 7) is 4.31. The number of rotatable bonds is 3. The molecule has 1 aliphatic heterocycles. The number of hydrogen-bond acceptors (Lipinski definition) is 2. The average molecular weight is 270 g/mol. The van der Waals surface area contributed by atoms with E-state index in [0.29, 0.717) is 0 Å². The minimum atomic E-state index is -0.768. The molecule has 0 aromatic heterocycles. The fourth-order valence-electron chi connectivity index (χ4n) is 2.49. The number of anilines is 1. The van der Waals surface area contributed by atoms with Gasteiger partial charge in [0.2, 0.25) is 0 Å². The molecular weight excluding hydrogens is 250 g/mol. The van der Waals surface area contributed by atoms with Crippen molar-refractivity contribution in [1.29, 1.82) is 0 Å². The van der Waals surface area contributed by atoms with Crippen molar-refractivity contribution in [3.05, 3.63) is 29.3 Å². The second-order valence-corrected chi connectivity index (χ2v) is 4.74. The highest BCUT2D eigenvalue weighted by Gasteiger charge is 2.13. The average Bonchev–Trinajstić information content (AvgIpc) is 2.29. The minimum Gasteiger partial charge on any atom is -0.481 e. The smallest absolute Gasteiger partial charge is 0.307 e. The Morgan fingerprint density at radius 2 is 1.94 bits per heavy atom. The summed E-state index contributed by atoms with van der Waals surface area (Å²) in [5, 5.41) is 8.77. The van der Waals surface area contributed by atoms with Crippen LogP contribution in [0.5, 0.6) is 0 Å². The van der Waals surface area contributed by atoms with Crippen molar-refractivity contribution in [3.8, 4) is 0 Å². The van der Waals surface area contributed by atoms with E-state index in [4.69, 9.17) is 5.11 Å². The van der Waals surface area contributed by atoms with Crippen LogP contribution in [-0.4, -0.2) is 24.2 Å². The van der Waals surface area contributed by atoms with Gasteiger partial charge in [0.25, 0.3) is 0 Å². The SMILES string of the molecule is Cc1cc(CC(=O)O)ccc1N1CCCCC1.Cl. The number of halogens is 1. The van der Waals surface area contributed by atoms with E-state index in [9.17, 15) is 4.79 Å². The zero-order valence-electron chi connectivity index (χ0n) is 10.7. The summed E-state index contributed by atoms with van der Waals surface area (Å²) in [5.41, 5.74) is 3.33. The minimum absolute atomic E-state index is 0. The van der Waals surface area contributed by atoms with Gasteiger partial charge < -0.3 is 10.0 Å². The molecule has 1 saturated heterocycles. The van der Waals surface area contributed by atoms with E-state index in [1.54, 1.807) is 0 Å². The maximum absolute atomic E-state index is 10.7. The van der Waals surface area contributed by atoms with E-state index in [1.165, 1.54) is 30.5 Å². The van der Waals surface area contributed by atoms with E-state index >= 15 is 0 Å². The molecule has 1 aliphatic rings. The van der Waals surface area contributed by atoms with Crippen LogP contribution >= 0.6 is 12.4 Å². The number of nitrogens with zero attached hydrogens (tertiary/aromatic N) is 1. The van der Waals surface area contributed by atoms with Gasteiger partial charge in [-0.3, -0.25) is 4.79 Å². The number of aryl methyl sites for hydroxylation is 1. The molecule has 1 aromatic carbocycles. The molecular formula is C14H20ClNO2. The van der Waals surface area contributed by atoms with Gasteiger partial charge in [-0.2, -0.15) is 0 Å². The molecule has 18 heavy (non-hydrogen) atoms. The van der Waals surface area contributed by atoms with Gasteiger partial charge in [-0.05, 0) is 43.4 Å². The normalized spacial score (nSPS) is 15.1. The van der Waals surface area contributed by atoms with Crippen LogP contribution in [0.3, 0.4) is 0 Å². The molecule has 1 N–H and O–H groups in total. The summed E-state index contributed by atoms with van der Waals surface area (Å²) < 4.78 is 0. The summed E-state index contributed by atoms with van der Waals surface area (Å²) in [5.74, 6) is -0.768. The highest BCUT2D eigenvalue weighted by Crippen LogP contribution is 2.24. The predicted octanol–water partition coefficient (Wildman–Crippen LogP) is 3.03. The number of piperidine rings is 1. The first-order valence-electron chi connectivity index (χ1n) is 6.23. The van der Waals surface area contributed by atoms with Crippen molar-refractivity contribution in [2.75, 3.05) is 18.0 Å². The standard InChI is InChI=1S/C14H19NO2.ClH/c1-11-9-12(10-14(16)17)5-6-13(11)15-7-3-2-4-8-15;/h5-6,9H,2-4,7-8,10H2,1H3,(H,16,17);1H. The molecule has 0 spiro atoms. The molecule has 3 nitrogen and oxygen atoms in total. The lowest BCUT2D eigenvalue weighted by atomic mass is 10.0. The van der Waals surface area contributed by atoms with Crippen molar-refractivity contribution in [3.63, 3.8) is 0 Å². The molecule has 0 atom stereocenters. The summed E-state index contributed by atoms with van der Waals surface area (Å²) >= 11 is 0. The van der Waals surface area contributed by atoms with Crippen molar-refractivity contribution in [1.82, 2.24) is 0 Å². The molecule has 0 unspecified atom stereocenters. The molecule has 1 fully saturated rings. The van der Waals surface area contributed by atoms with Crippen LogP contribution in [0.2, 0.25) is 0 Å². The van der Waals surface area contributed by atoms with E-state index in [2.05, 4.69) is 17.9 Å². The summed E-state index contributed by atoms with van der Waals surface area (Å²) in [6, 6.07) is 6.00. The lowest BCUT2D eigenvalue weighted by molar-refractivity contribution is -0.136. The molecule has 1 aromatic rings. The van der Waals surface area contributed by atoms with E-state index in [1.807, 2.05) is 12.1 Å². The second kappa shape index (κ2) is 6.64. The van der Waals surface area contributed by atoms with Crippen LogP contribution in [0.25, 0.3) is 0 Å². The Hall–Kier alpha value is -1.22. The molecule has 4 heteroatoms. The zero-order chi connectivity index (χ0) is 12.3. The van der Waals surface area contributed by atoms with Gasteiger partial charge in [-0.1, -0.05) is 12.1 Å². The molecule has 100 valence electrons. The maximum Gasteiger partial charge on any atom is 0.307 e. The fraction of sp³-hybridized carbons (Fsp3) is 0.500. The van der Waals surface area contributed by atoms with Crippen LogP contribution in [0.15, 0.2) is 18.2 Å². The van der Waals surface area contributed by atoms with Crippen LogP contribution in [-0.2, 0) is 11.2 Å². The zero-order valence-corrected chi connectivity index (χ0v) is 11.5. The van der Waals surface area contributed by atoms with Crippen LogP contribution < -0.4 is 4.90 Å². The number of carbonyl (C=O) groups is 1. The quantitative estimate of drug-likeness (QED) is 0.917. The summed E-state index contributed by atoms with van der Waals surface area (Å²) in [4.78, 5) is 13.1. The Labute approximate surface area is 114 Å². The molecule has 0 amide bonds. The fourth-order valence-corrected chi connectivity index (χ4v) is 2.49. The monoisotopic (exact) mass is 269 g/mol. The van der Waals surface area contributed by atoms with Gasteiger partial charge in [0, 0.05) is 18.8 Å². The Morgan fingerprint density at radius 3 is 2.50 bits per heavy atom. The number of carboxylic acids is 1. The Kier molecular flexibility index (Phi) is 5.48. The van der Waals surface area contributed by atoms with E-state index < -0.39 is 5.97 Å². The molecule has 2 rings (SSSR count). The predicted molar refractivity (Wildman–Crippen MR) is 75.8 cm³/mol. The summed E-state index contributed by atoms with van der Waals surface area (Å²) in [6.07, 6.45) is 3.96. The topological polar surface area (TPSA) is 40.5 Å². The lowest BCUT2D eigenvalue weighted by Crippen LogP contribution is -2.29. The third kappa shape index (κ3) is 3.64. The van der Waals surface area contributed by atoms with Crippen molar-refractivity contribution >= 4 is 24.1 Å². The first-order chi connectivity index (χ1) is 8.16. The lowest BCUT2D eigenvalue weighted by Gasteiger charge is -2.30. The van der Waals surface area contributed by atoms with Gasteiger partial charge in [-0.25, -0.2) is 0 Å². The molecule has 0 saturated carbocycles. The number of aliphatic carboxylic acids is 1. The highest BCUT2D eigenvalue weighted by molar-refractivity contribution is 5.85. The molecule has 1 heterocycles. The van der Waals surface area contributed by atoms with Gasteiger partial charge in [0.1, 0.15) is 0 Å². The maximum atomic E-state index is 10.7. The van der Waals surface area contributed by atoms with Crippen molar-refractivity contribution < 1.29 is 9.90 Å². The van der Waals surface area contributed by atoms with Crippen molar-refractivity contribution in [2.45, 2.75) is 32.6 Å². The Morgan fingerprint density at radius 1 is 1.28 bits per heavy atom. The third-order valence-corrected chi connectivity index (χ3v) is 3.31.